The van der Waals surface area contributed by atoms with E-state index in [1.54, 1.807) is 24.3 Å². The highest BCUT2D eigenvalue weighted by Gasteiger charge is 2.44. The molecule has 5 heteroatoms. The van der Waals surface area contributed by atoms with Crippen LogP contribution in [-0.2, 0) is 20.7 Å². The summed E-state index contributed by atoms with van der Waals surface area (Å²) in [6.45, 7) is 3.44. The van der Waals surface area contributed by atoms with Crippen LogP contribution in [0, 0.1) is 5.92 Å². The van der Waals surface area contributed by atoms with Crippen molar-refractivity contribution < 1.29 is 24.5 Å². The average Bonchev–Trinajstić information content (AvgIpc) is 2.73. The molecular weight excluding hydrogens is 368 g/mol. The lowest BCUT2D eigenvalue weighted by atomic mass is 9.81. The predicted octanol–water partition coefficient (Wildman–Crippen LogP) is 3.73. The molecule has 4 unspecified atom stereocenters. The van der Waals surface area contributed by atoms with E-state index in [1.165, 1.54) is 6.92 Å². The largest absolute Gasteiger partial charge is 0.504 e. The zero-order valence-electron chi connectivity index (χ0n) is 16.6. The van der Waals surface area contributed by atoms with Crippen molar-refractivity contribution >= 4 is 11.8 Å². The zero-order chi connectivity index (χ0) is 21.0. The molecule has 1 aliphatic rings. The molecule has 0 amide bonds. The third kappa shape index (κ3) is 4.40. The van der Waals surface area contributed by atoms with Crippen molar-refractivity contribution in [3.05, 3.63) is 83.1 Å². The Balaban J connectivity index is 1.93. The fraction of sp³-hybridized carbons (Fsp3) is 0.333. The molecule has 1 aliphatic heterocycles. The van der Waals surface area contributed by atoms with Crippen LogP contribution in [0.5, 0.6) is 0 Å². The van der Waals surface area contributed by atoms with Crippen LogP contribution in [0.4, 0.5) is 0 Å². The number of carbonyl (C=O) groups excluding carboxylic acids is 2. The maximum Gasteiger partial charge on any atom is 0.339 e. The van der Waals surface area contributed by atoms with Crippen molar-refractivity contribution in [2.24, 2.45) is 5.92 Å². The van der Waals surface area contributed by atoms with Gasteiger partial charge in [-0.3, -0.25) is 4.79 Å². The van der Waals surface area contributed by atoms with Crippen LogP contribution in [0.3, 0.4) is 0 Å². The number of ether oxygens (including phenoxy) is 1. The Hall–Kier alpha value is -2.92. The summed E-state index contributed by atoms with van der Waals surface area (Å²) >= 11 is 0. The standard InChI is InChI=1S/C24H26O5/c1-3-17(14-16-10-6-4-7-11-16)23-22(27)21(26)20(24(28)29-23)19(15(2)25)18-12-8-5-9-13-18/h4-13,15,17,19,23,25-26H,3,14H2,1-2H3. The second kappa shape index (κ2) is 9.05. The molecule has 0 aliphatic carbocycles. The minimum atomic E-state index is -1.04. The molecule has 0 saturated heterocycles. The van der Waals surface area contributed by atoms with E-state index in [0.29, 0.717) is 18.4 Å². The van der Waals surface area contributed by atoms with Gasteiger partial charge in [0.2, 0.25) is 5.78 Å². The van der Waals surface area contributed by atoms with Crippen LogP contribution in [-0.4, -0.2) is 34.2 Å². The van der Waals surface area contributed by atoms with E-state index in [-0.39, 0.29) is 11.5 Å². The summed E-state index contributed by atoms with van der Waals surface area (Å²) in [6, 6.07) is 18.5. The van der Waals surface area contributed by atoms with E-state index in [9.17, 15) is 19.8 Å². The van der Waals surface area contributed by atoms with Gasteiger partial charge in [-0.2, -0.15) is 0 Å². The number of aliphatic hydroxyl groups excluding tert-OH is 2. The molecule has 5 nitrogen and oxygen atoms in total. The van der Waals surface area contributed by atoms with Gasteiger partial charge in [0.15, 0.2) is 11.9 Å². The van der Waals surface area contributed by atoms with E-state index in [0.717, 1.165) is 5.56 Å². The summed E-state index contributed by atoms with van der Waals surface area (Å²) in [4.78, 5) is 25.8. The van der Waals surface area contributed by atoms with E-state index in [1.807, 2.05) is 43.3 Å². The SMILES string of the molecule is CCC(Cc1ccccc1)C1OC(=O)C(C(c2ccccc2)C(C)O)=C(O)C1=O. The smallest absolute Gasteiger partial charge is 0.339 e. The summed E-state index contributed by atoms with van der Waals surface area (Å²) in [6.07, 6.45) is -0.860. The van der Waals surface area contributed by atoms with E-state index >= 15 is 0 Å². The van der Waals surface area contributed by atoms with Gasteiger partial charge in [-0.15, -0.1) is 0 Å². The molecule has 29 heavy (non-hydrogen) atoms. The van der Waals surface area contributed by atoms with Gasteiger partial charge >= 0.3 is 5.97 Å². The lowest BCUT2D eigenvalue weighted by Gasteiger charge is -2.32. The van der Waals surface area contributed by atoms with Crippen molar-refractivity contribution in [1.82, 2.24) is 0 Å². The molecule has 0 radical (unpaired) electrons. The molecule has 0 spiro atoms. The molecular formula is C24H26O5. The number of benzene rings is 2. The van der Waals surface area contributed by atoms with Gasteiger partial charge in [0, 0.05) is 11.8 Å². The molecule has 1 heterocycles. The lowest BCUT2D eigenvalue weighted by Crippen LogP contribution is -2.43. The third-order valence-corrected chi connectivity index (χ3v) is 5.45. The summed E-state index contributed by atoms with van der Waals surface area (Å²) in [5.74, 6) is -3.06. The first kappa shape index (κ1) is 20.8. The minimum Gasteiger partial charge on any atom is -0.504 e. The van der Waals surface area contributed by atoms with Crippen LogP contribution < -0.4 is 0 Å². The first-order valence-corrected chi connectivity index (χ1v) is 9.89. The second-order valence-corrected chi connectivity index (χ2v) is 7.44. The Morgan fingerprint density at radius 1 is 1.00 bits per heavy atom. The monoisotopic (exact) mass is 394 g/mol. The molecule has 2 aromatic carbocycles. The molecule has 0 bridgehead atoms. The van der Waals surface area contributed by atoms with Gasteiger partial charge in [0.25, 0.3) is 0 Å². The molecule has 152 valence electrons. The number of carbonyl (C=O) groups is 2. The highest BCUT2D eigenvalue weighted by Crippen LogP contribution is 2.36. The average molecular weight is 394 g/mol. The summed E-state index contributed by atoms with van der Waals surface area (Å²) in [5, 5.41) is 21.0. The molecule has 0 aromatic heterocycles. The normalized spacial score (nSPS) is 20.2. The summed E-state index contributed by atoms with van der Waals surface area (Å²) < 4.78 is 5.54. The number of rotatable bonds is 7. The van der Waals surface area contributed by atoms with E-state index < -0.39 is 35.6 Å². The van der Waals surface area contributed by atoms with Crippen molar-refractivity contribution in [3.8, 4) is 0 Å². The zero-order valence-corrected chi connectivity index (χ0v) is 16.6. The number of hydrogen-bond donors (Lipinski definition) is 2. The highest BCUT2D eigenvalue weighted by atomic mass is 16.6. The van der Waals surface area contributed by atoms with Gasteiger partial charge < -0.3 is 14.9 Å². The molecule has 2 aromatic rings. The molecule has 0 fully saturated rings. The first-order chi connectivity index (χ1) is 13.9. The van der Waals surface area contributed by atoms with Gasteiger partial charge in [-0.05, 0) is 30.9 Å². The van der Waals surface area contributed by atoms with Crippen LogP contribution in [0.15, 0.2) is 72.0 Å². The van der Waals surface area contributed by atoms with Crippen molar-refractivity contribution in [2.75, 3.05) is 0 Å². The number of Topliss-reactive ketones (excluding diaryl/α,β-unsaturated/α-hetero) is 1. The second-order valence-electron chi connectivity index (χ2n) is 7.44. The van der Waals surface area contributed by atoms with E-state index in [4.69, 9.17) is 4.74 Å². The van der Waals surface area contributed by atoms with Crippen molar-refractivity contribution in [1.29, 1.82) is 0 Å². The third-order valence-electron chi connectivity index (χ3n) is 5.45. The molecule has 0 saturated carbocycles. The van der Waals surface area contributed by atoms with Gasteiger partial charge in [0.1, 0.15) is 0 Å². The Labute approximate surface area is 170 Å². The Morgan fingerprint density at radius 2 is 1.59 bits per heavy atom. The Morgan fingerprint density at radius 3 is 2.14 bits per heavy atom. The topological polar surface area (TPSA) is 83.8 Å². The maximum atomic E-state index is 13.0. The summed E-state index contributed by atoms with van der Waals surface area (Å²) in [7, 11) is 0. The predicted molar refractivity (Wildman–Crippen MR) is 109 cm³/mol. The van der Waals surface area contributed by atoms with Gasteiger partial charge in [0.05, 0.1) is 11.7 Å². The van der Waals surface area contributed by atoms with Crippen LogP contribution in [0.25, 0.3) is 0 Å². The minimum absolute atomic E-state index is 0.179. The summed E-state index contributed by atoms with van der Waals surface area (Å²) in [5.41, 5.74) is 1.48. The van der Waals surface area contributed by atoms with Crippen molar-refractivity contribution in [2.45, 2.75) is 44.8 Å². The number of ketones is 1. The molecule has 3 rings (SSSR count). The number of aliphatic hydroxyl groups is 2. The molecule has 4 atom stereocenters. The van der Waals surface area contributed by atoms with E-state index in [2.05, 4.69) is 0 Å². The van der Waals surface area contributed by atoms with Crippen LogP contribution in [0.1, 0.15) is 37.3 Å². The first-order valence-electron chi connectivity index (χ1n) is 9.89. The molecule has 2 N–H and O–H groups in total. The lowest BCUT2D eigenvalue weighted by molar-refractivity contribution is -0.158. The quantitative estimate of drug-likeness (QED) is 0.699. The number of esters is 1. The highest BCUT2D eigenvalue weighted by molar-refractivity contribution is 6.09. The number of hydrogen-bond acceptors (Lipinski definition) is 5. The van der Waals surface area contributed by atoms with Crippen LogP contribution >= 0.6 is 0 Å². The number of cyclic esters (lactones) is 1. The fourth-order valence-electron chi connectivity index (χ4n) is 3.91. The Kier molecular flexibility index (Phi) is 6.49. The Bertz CT molecular complexity index is 886. The van der Waals surface area contributed by atoms with Gasteiger partial charge in [-0.1, -0.05) is 67.6 Å². The van der Waals surface area contributed by atoms with Crippen molar-refractivity contribution in [3.63, 3.8) is 0 Å². The fourth-order valence-corrected chi connectivity index (χ4v) is 3.91. The van der Waals surface area contributed by atoms with Gasteiger partial charge in [-0.25, -0.2) is 4.79 Å². The van der Waals surface area contributed by atoms with Crippen LogP contribution in [0.2, 0.25) is 0 Å². The maximum absolute atomic E-state index is 13.0.